The van der Waals surface area contributed by atoms with Crippen molar-refractivity contribution >= 4 is 67.1 Å². The Morgan fingerprint density at radius 3 is 1.67 bits per heavy atom. The molecule has 0 fully saturated rings. The van der Waals surface area contributed by atoms with Crippen molar-refractivity contribution in [3.63, 3.8) is 0 Å². The fraction of sp³-hybridized carbons (Fsp3) is 0.0909. The summed E-state index contributed by atoms with van der Waals surface area (Å²) in [7, 11) is 2.05. The van der Waals surface area contributed by atoms with Gasteiger partial charge in [-0.15, -0.1) is 0 Å². The summed E-state index contributed by atoms with van der Waals surface area (Å²) >= 11 is 0. The molecular formula is C44H34N3O2+. The third-order valence-electron chi connectivity index (χ3n) is 10.4. The van der Waals surface area contributed by atoms with Gasteiger partial charge in [-0.1, -0.05) is 60.7 Å². The Labute approximate surface area is 283 Å². The van der Waals surface area contributed by atoms with E-state index < -0.39 is 5.97 Å². The van der Waals surface area contributed by atoms with Crippen LogP contribution in [0.4, 0.5) is 5.69 Å². The Kier molecular flexibility index (Phi) is 6.30. The van der Waals surface area contributed by atoms with Crippen molar-refractivity contribution in [1.82, 2.24) is 9.13 Å². The quantitative estimate of drug-likeness (QED) is 0.191. The molecule has 49 heavy (non-hydrogen) atoms. The highest BCUT2D eigenvalue weighted by Crippen LogP contribution is 2.40. The molecule has 6 aromatic carbocycles. The van der Waals surface area contributed by atoms with Crippen LogP contribution in [-0.2, 0) is 5.41 Å². The van der Waals surface area contributed by atoms with Crippen LogP contribution in [0.25, 0.3) is 61.1 Å². The second-order valence-corrected chi connectivity index (χ2v) is 13.5. The Hall–Kier alpha value is -6.20. The largest absolute Gasteiger partial charge is 0.478 e. The molecule has 3 heterocycles. The van der Waals surface area contributed by atoms with Gasteiger partial charge in [0.1, 0.15) is 7.05 Å². The van der Waals surface area contributed by atoms with Crippen LogP contribution in [0.3, 0.4) is 0 Å². The second kappa shape index (κ2) is 10.7. The molecule has 5 heteroatoms. The van der Waals surface area contributed by atoms with E-state index in [0.717, 1.165) is 39.4 Å². The SMILES string of the molecule is C[N+]1=C(C=Cc2ccc3c(c2)c2ccccc2n3-c2ccc(-n3c4ccccc4c4ccccc43)cc2)C(C)(C)c2cc(C(=O)O)ccc21. The highest BCUT2D eigenvalue weighted by molar-refractivity contribution is 6.11. The van der Waals surface area contributed by atoms with Gasteiger partial charge in [0.15, 0.2) is 5.71 Å². The van der Waals surface area contributed by atoms with Crippen molar-refractivity contribution in [3.8, 4) is 11.4 Å². The first-order chi connectivity index (χ1) is 23.8. The first-order valence-electron chi connectivity index (χ1n) is 16.6. The van der Waals surface area contributed by atoms with Crippen LogP contribution in [-0.4, -0.2) is 37.5 Å². The molecule has 5 nitrogen and oxygen atoms in total. The van der Waals surface area contributed by atoms with Crippen molar-refractivity contribution in [1.29, 1.82) is 0 Å². The molecule has 0 amide bonds. The second-order valence-electron chi connectivity index (χ2n) is 13.5. The van der Waals surface area contributed by atoms with E-state index in [1.54, 1.807) is 6.07 Å². The lowest BCUT2D eigenvalue weighted by molar-refractivity contribution is -0.401. The lowest BCUT2D eigenvalue weighted by Crippen LogP contribution is -2.26. The normalized spacial score (nSPS) is 14.2. The molecule has 0 bridgehead atoms. The van der Waals surface area contributed by atoms with Gasteiger partial charge in [0.2, 0.25) is 5.69 Å². The van der Waals surface area contributed by atoms with Crippen LogP contribution in [0.1, 0.15) is 35.3 Å². The molecule has 0 saturated heterocycles. The molecule has 236 valence electrons. The monoisotopic (exact) mass is 636 g/mol. The Bertz CT molecular complexity index is 2670. The minimum absolute atomic E-state index is 0.314. The summed E-state index contributed by atoms with van der Waals surface area (Å²) in [6, 6.07) is 46.8. The zero-order valence-electron chi connectivity index (χ0n) is 27.6. The number of carboxylic acid groups (broad SMARTS) is 1. The van der Waals surface area contributed by atoms with Crippen LogP contribution >= 0.6 is 0 Å². The van der Waals surface area contributed by atoms with Gasteiger partial charge in [-0.2, -0.15) is 4.58 Å². The number of fused-ring (bicyclic) bond motifs is 7. The molecule has 1 aliphatic rings. The summed E-state index contributed by atoms with van der Waals surface area (Å²) in [6.45, 7) is 4.31. The topological polar surface area (TPSA) is 50.2 Å². The van der Waals surface area contributed by atoms with Gasteiger partial charge in [0, 0.05) is 50.6 Å². The van der Waals surface area contributed by atoms with Crippen molar-refractivity contribution in [3.05, 3.63) is 156 Å². The zero-order valence-corrected chi connectivity index (χ0v) is 27.6. The van der Waals surface area contributed by atoms with Crippen molar-refractivity contribution in [2.75, 3.05) is 7.05 Å². The third kappa shape index (κ3) is 4.32. The molecule has 8 aromatic rings. The van der Waals surface area contributed by atoms with Crippen LogP contribution in [0.2, 0.25) is 0 Å². The third-order valence-corrected chi connectivity index (χ3v) is 10.4. The van der Waals surface area contributed by atoms with Gasteiger partial charge in [-0.25, -0.2) is 4.79 Å². The Morgan fingerprint density at radius 2 is 1.12 bits per heavy atom. The zero-order chi connectivity index (χ0) is 33.4. The Morgan fingerprint density at radius 1 is 0.612 bits per heavy atom. The first kappa shape index (κ1) is 29.0. The van der Waals surface area contributed by atoms with Crippen LogP contribution in [0.15, 0.2) is 140 Å². The smallest absolute Gasteiger partial charge is 0.335 e. The molecule has 0 spiro atoms. The number of aromatic carboxylic acids is 1. The number of rotatable bonds is 5. The maximum absolute atomic E-state index is 11.7. The molecule has 0 radical (unpaired) electrons. The first-order valence-corrected chi connectivity index (χ1v) is 16.6. The van der Waals surface area contributed by atoms with E-state index in [1.807, 2.05) is 12.1 Å². The fourth-order valence-electron chi connectivity index (χ4n) is 7.97. The maximum Gasteiger partial charge on any atom is 0.335 e. The number of benzene rings is 6. The predicted octanol–water partition coefficient (Wildman–Crippen LogP) is 10.3. The van der Waals surface area contributed by atoms with E-state index in [0.29, 0.717) is 5.56 Å². The van der Waals surface area contributed by atoms with E-state index >= 15 is 0 Å². The van der Waals surface area contributed by atoms with E-state index in [-0.39, 0.29) is 5.41 Å². The molecule has 0 atom stereocenters. The van der Waals surface area contributed by atoms with Gasteiger partial charge >= 0.3 is 5.97 Å². The fourth-order valence-corrected chi connectivity index (χ4v) is 7.97. The number of allylic oxidation sites excluding steroid dienone is 1. The summed E-state index contributed by atoms with van der Waals surface area (Å²) in [6.07, 6.45) is 4.35. The molecule has 2 aromatic heterocycles. The Balaban J connectivity index is 1.11. The maximum atomic E-state index is 11.7. The number of para-hydroxylation sites is 3. The van der Waals surface area contributed by atoms with Crippen molar-refractivity contribution in [2.45, 2.75) is 19.3 Å². The summed E-state index contributed by atoms with van der Waals surface area (Å²) in [4.78, 5) is 11.7. The highest BCUT2D eigenvalue weighted by atomic mass is 16.4. The summed E-state index contributed by atoms with van der Waals surface area (Å²) in [5.41, 5.74) is 11.2. The minimum Gasteiger partial charge on any atom is -0.478 e. The summed E-state index contributed by atoms with van der Waals surface area (Å²) in [5, 5.41) is 14.5. The van der Waals surface area contributed by atoms with E-state index in [4.69, 9.17) is 0 Å². The summed E-state index contributed by atoms with van der Waals surface area (Å²) < 4.78 is 6.88. The highest BCUT2D eigenvalue weighted by Gasteiger charge is 2.43. The lowest BCUT2D eigenvalue weighted by Gasteiger charge is -2.15. The van der Waals surface area contributed by atoms with Crippen LogP contribution in [0.5, 0.6) is 0 Å². The molecular weight excluding hydrogens is 603 g/mol. The minimum atomic E-state index is -0.906. The van der Waals surface area contributed by atoms with Gasteiger partial charge in [0.25, 0.3) is 0 Å². The van der Waals surface area contributed by atoms with Gasteiger partial charge in [0.05, 0.1) is 33.0 Å². The lowest BCUT2D eigenvalue weighted by atomic mass is 9.80. The van der Waals surface area contributed by atoms with Gasteiger partial charge < -0.3 is 14.2 Å². The van der Waals surface area contributed by atoms with Crippen molar-refractivity contribution in [2.24, 2.45) is 0 Å². The molecule has 1 aliphatic heterocycles. The van der Waals surface area contributed by atoms with Crippen LogP contribution < -0.4 is 0 Å². The van der Waals surface area contributed by atoms with E-state index in [2.05, 4.69) is 162 Å². The standard InChI is InChI=1S/C44H33N3O2/c1-44(2)36-27-29(43(48)49)18-24-41(36)45(3)42(44)25-17-28-16-23-40-35(26-28)34-12-6-9-15-39(34)47(40)31-21-19-30(20-22-31)46-37-13-7-4-10-32(37)33-11-5-8-14-38(33)46/h4-27H,1-3H3/p+1. The molecule has 9 rings (SSSR count). The number of hydrogen-bond donors (Lipinski definition) is 1. The number of hydrogen-bond acceptors (Lipinski definition) is 1. The predicted molar refractivity (Wildman–Crippen MR) is 201 cm³/mol. The number of carbonyl (C=O) groups is 1. The molecule has 0 aliphatic carbocycles. The molecule has 0 unspecified atom stereocenters. The number of carboxylic acids is 1. The van der Waals surface area contributed by atoms with E-state index in [9.17, 15) is 9.90 Å². The summed E-state index contributed by atoms with van der Waals surface area (Å²) in [5.74, 6) is -0.906. The van der Waals surface area contributed by atoms with Gasteiger partial charge in [-0.05, 0) is 92.2 Å². The number of nitrogens with zero attached hydrogens (tertiary/aromatic N) is 3. The molecule has 1 N–H and O–H groups in total. The van der Waals surface area contributed by atoms with Gasteiger partial charge in [-0.3, -0.25) is 0 Å². The van der Waals surface area contributed by atoms with Crippen molar-refractivity contribution < 1.29 is 14.5 Å². The molecule has 0 saturated carbocycles. The average Bonchev–Trinajstić information content (AvgIpc) is 3.70. The van der Waals surface area contributed by atoms with E-state index in [1.165, 1.54) is 38.1 Å². The number of aromatic nitrogens is 2. The average molecular weight is 637 g/mol. The van der Waals surface area contributed by atoms with Crippen LogP contribution in [0, 0.1) is 0 Å².